The number of hydrazone groups is 1. The summed E-state index contributed by atoms with van der Waals surface area (Å²) < 4.78 is 6.34. The number of carbonyl (C=O) groups excluding carboxylic acids is 2. The van der Waals surface area contributed by atoms with E-state index < -0.39 is 11.5 Å². The van der Waals surface area contributed by atoms with Crippen LogP contribution in [0.4, 0.5) is 0 Å². The highest BCUT2D eigenvalue weighted by atomic mass is 16.5. The van der Waals surface area contributed by atoms with Crippen LogP contribution in [0.3, 0.4) is 0 Å². The number of carbonyl (C=O) groups is 2. The van der Waals surface area contributed by atoms with Gasteiger partial charge in [-0.1, -0.05) is 18.2 Å². The lowest BCUT2D eigenvalue weighted by Gasteiger charge is -2.25. The van der Waals surface area contributed by atoms with Crippen LogP contribution in [-0.4, -0.2) is 33.7 Å². The van der Waals surface area contributed by atoms with Gasteiger partial charge in [-0.25, -0.2) is 15.2 Å². The van der Waals surface area contributed by atoms with Crippen molar-refractivity contribution in [3.63, 3.8) is 0 Å². The van der Waals surface area contributed by atoms with Gasteiger partial charge in [-0.05, 0) is 38.8 Å². The first-order valence-electron chi connectivity index (χ1n) is 8.74. The summed E-state index contributed by atoms with van der Waals surface area (Å²) in [5.41, 5.74) is 2.90. The van der Waals surface area contributed by atoms with Crippen LogP contribution >= 0.6 is 0 Å². The molecule has 0 spiro atoms. The van der Waals surface area contributed by atoms with Crippen molar-refractivity contribution >= 4 is 17.6 Å². The Balaban J connectivity index is 1.92. The number of hydrogen-bond donors (Lipinski definition) is 1. The molecule has 2 aromatic rings. The van der Waals surface area contributed by atoms with Gasteiger partial charge in [0.1, 0.15) is 11.3 Å². The maximum atomic E-state index is 12.7. The average Bonchev–Trinajstić information content (AvgIpc) is 2.68. The second-order valence-electron chi connectivity index (χ2n) is 6.14. The van der Waals surface area contributed by atoms with E-state index >= 15 is 0 Å². The number of nitrogens with zero attached hydrogens (tertiary/aromatic N) is 3. The van der Waals surface area contributed by atoms with Crippen molar-refractivity contribution in [3.8, 4) is 0 Å². The minimum atomic E-state index is -0.695. The lowest BCUT2D eigenvalue weighted by atomic mass is 10.0. The van der Waals surface area contributed by atoms with Crippen molar-refractivity contribution < 1.29 is 14.3 Å². The van der Waals surface area contributed by atoms with Crippen LogP contribution in [0.1, 0.15) is 59.3 Å². The van der Waals surface area contributed by atoms with E-state index in [1.807, 2.05) is 13.0 Å². The van der Waals surface area contributed by atoms with Gasteiger partial charge in [0.2, 0.25) is 0 Å². The number of ether oxygens (including phenoxy) is 1. The van der Waals surface area contributed by atoms with Gasteiger partial charge in [-0.3, -0.25) is 14.2 Å². The monoisotopic (exact) mass is 368 g/mol. The zero-order valence-corrected chi connectivity index (χ0v) is 15.1. The Labute approximate surface area is 155 Å². The number of rotatable bonds is 4. The summed E-state index contributed by atoms with van der Waals surface area (Å²) in [5, 5.41) is 4.17. The van der Waals surface area contributed by atoms with E-state index in [4.69, 9.17) is 4.74 Å². The maximum Gasteiger partial charge on any atom is 0.345 e. The largest absolute Gasteiger partial charge is 0.462 e. The lowest BCUT2D eigenvalue weighted by Crippen LogP contribution is -2.38. The minimum Gasteiger partial charge on any atom is -0.462 e. The van der Waals surface area contributed by atoms with Gasteiger partial charge >= 0.3 is 5.97 Å². The van der Waals surface area contributed by atoms with Crippen LogP contribution in [0.2, 0.25) is 0 Å². The van der Waals surface area contributed by atoms with Crippen LogP contribution in [0.15, 0.2) is 46.4 Å². The molecule has 0 saturated carbocycles. The van der Waals surface area contributed by atoms with Crippen molar-refractivity contribution in [2.45, 2.75) is 32.7 Å². The lowest BCUT2D eigenvalue weighted by molar-refractivity contribution is 0.0522. The zero-order valence-electron chi connectivity index (χ0n) is 15.1. The number of amides is 1. The number of aromatic nitrogens is 2. The van der Waals surface area contributed by atoms with E-state index in [-0.39, 0.29) is 24.1 Å². The molecule has 1 unspecified atom stereocenters. The Hall–Kier alpha value is -3.29. The Morgan fingerprint density at radius 1 is 1.33 bits per heavy atom. The molecular formula is C19H20N4O4. The first-order chi connectivity index (χ1) is 13.0. The first kappa shape index (κ1) is 18.5. The standard InChI is InChI=1S/C19H20N4O4/c1-3-27-19(26)14-11-20-16-15(10-9-12(2)23(16)18(14)25)21-22-17(24)13-7-5-4-6-8-13/h4-8,11-12H,3,9-10H2,1-2H3,(H,22,24)/b21-15+. The molecular weight excluding hydrogens is 348 g/mol. The molecule has 8 heteroatoms. The molecule has 1 atom stereocenters. The fourth-order valence-electron chi connectivity index (χ4n) is 2.91. The van der Waals surface area contributed by atoms with Crippen molar-refractivity contribution in [1.29, 1.82) is 0 Å². The van der Waals surface area contributed by atoms with Gasteiger partial charge < -0.3 is 4.74 Å². The summed E-state index contributed by atoms with van der Waals surface area (Å²) in [4.78, 5) is 41.1. The highest BCUT2D eigenvalue weighted by molar-refractivity contribution is 6.01. The van der Waals surface area contributed by atoms with Crippen LogP contribution < -0.4 is 11.0 Å². The molecule has 1 N–H and O–H groups in total. The fraction of sp³-hybridized carbons (Fsp3) is 0.316. The summed E-state index contributed by atoms with van der Waals surface area (Å²) in [7, 11) is 0. The fourth-order valence-corrected chi connectivity index (χ4v) is 2.91. The maximum absolute atomic E-state index is 12.7. The highest BCUT2D eigenvalue weighted by Gasteiger charge is 2.27. The van der Waals surface area contributed by atoms with Gasteiger partial charge in [-0.2, -0.15) is 5.10 Å². The van der Waals surface area contributed by atoms with Crippen molar-refractivity contribution in [1.82, 2.24) is 15.0 Å². The molecule has 1 amide bonds. The van der Waals surface area contributed by atoms with E-state index in [1.165, 1.54) is 10.8 Å². The van der Waals surface area contributed by atoms with Crippen molar-refractivity contribution in [2.24, 2.45) is 5.10 Å². The van der Waals surface area contributed by atoms with E-state index in [0.29, 0.717) is 29.9 Å². The third-order valence-electron chi connectivity index (χ3n) is 4.31. The number of hydrogen-bond acceptors (Lipinski definition) is 6. The third kappa shape index (κ3) is 3.79. The SMILES string of the molecule is CCOC(=O)c1cnc2n(c1=O)C(C)CC/C2=N\NC(=O)c1ccccc1. The van der Waals surface area contributed by atoms with E-state index in [2.05, 4.69) is 15.5 Å². The average molecular weight is 368 g/mol. The van der Waals surface area contributed by atoms with Crippen LogP contribution in [0.5, 0.6) is 0 Å². The Kier molecular flexibility index (Phi) is 5.44. The van der Waals surface area contributed by atoms with E-state index in [9.17, 15) is 14.4 Å². The second kappa shape index (κ2) is 7.94. The molecule has 0 fully saturated rings. The molecule has 1 aromatic heterocycles. The van der Waals surface area contributed by atoms with E-state index in [1.54, 1.807) is 31.2 Å². The molecule has 0 radical (unpaired) electrons. The molecule has 0 aliphatic carbocycles. The number of fused-ring (bicyclic) bond motifs is 1. The normalized spacial score (nSPS) is 17.3. The quantitative estimate of drug-likeness (QED) is 0.656. The molecule has 27 heavy (non-hydrogen) atoms. The number of benzene rings is 1. The summed E-state index contributed by atoms with van der Waals surface area (Å²) in [6.45, 7) is 3.72. The summed E-state index contributed by atoms with van der Waals surface area (Å²) in [6.07, 6.45) is 2.40. The van der Waals surface area contributed by atoms with Gasteiger partial charge in [0.25, 0.3) is 11.5 Å². The Morgan fingerprint density at radius 3 is 2.78 bits per heavy atom. The predicted octanol–water partition coefficient (Wildman–Crippen LogP) is 1.91. The summed E-state index contributed by atoms with van der Waals surface area (Å²) in [6, 6.07) is 8.56. The van der Waals surface area contributed by atoms with Crippen LogP contribution in [0, 0.1) is 0 Å². The molecule has 1 aliphatic heterocycles. The van der Waals surface area contributed by atoms with Gasteiger partial charge in [-0.15, -0.1) is 0 Å². The molecule has 1 aliphatic rings. The predicted molar refractivity (Wildman–Crippen MR) is 98.8 cm³/mol. The topological polar surface area (TPSA) is 103 Å². The molecule has 0 saturated heterocycles. The molecule has 8 nitrogen and oxygen atoms in total. The molecule has 3 rings (SSSR count). The smallest absolute Gasteiger partial charge is 0.345 e. The summed E-state index contributed by atoms with van der Waals surface area (Å²) >= 11 is 0. The molecule has 1 aromatic carbocycles. The zero-order chi connectivity index (χ0) is 19.4. The van der Waals surface area contributed by atoms with Gasteiger partial charge in [0.05, 0.1) is 6.61 Å². The van der Waals surface area contributed by atoms with E-state index in [0.717, 1.165) is 0 Å². The van der Waals surface area contributed by atoms with Gasteiger partial charge in [0, 0.05) is 17.8 Å². The first-order valence-corrected chi connectivity index (χ1v) is 8.74. The molecule has 140 valence electrons. The molecule has 0 bridgehead atoms. The molecule has 2 heterocycles. The minimum absolute atomic E-state index is 0.109. The summed E-state index contributed by atoms with van der Waals surface area (Å²) in [5.74, 6) is -0.696. The second-order valence-corrected chi connectivity index (χ2v) is 6.14. The van der Waals surface area contributed by atoms with Gasteiger partial charge in [0.15, 0.2) is 5.82 Å². The third-order valence-corrected chi connectivity index (χ3v) is 4.31. The Bertz CT molecular complexity index is 950. The number of esters is 1. The van der Waals surface area contributed by atoms with Crippen LogP contribution in [-0.2, 0) is 4.74 Å². The van der Waals surface area contributed by atoms with Crippen molar-refractivity contribution in [3.05, 3.63) is 63.8 Å². The Morgan fingerprint density at radius 2 is 2.07 bits per heavy atom. The van der Waals surface area contributed by atoms with Crippen LogP contribution in [0.25, 0.3) is 0 Å². The van der Waals surface area contributed by atoms with Crippen molar-refractivity contribution in [2.75, 3.05) is 6.61 Å². The highest BCUT2D eigenvalue weighted by Crippen LogP contribution is 2.21. The number of nitrogens with one attached hydrogen (secondary N) is 1.